The van der Waals surface area contributed by atoms with Gasteiger partial charge in [0.1, 0.15) is 30.3 Å². The first-order chi connectivity index (χ1) is 21.3. The van der Waals surface area contributed by atoms with Gasteiger partial charge in [-0.25, -0.2) is 19.3 Å². The topological polar surface area (TPSA) is 87.6 Å². The molecule has 2 aliphatic heterocycles. The Morgan fingerprint density at radius 2 is 1.60 bits per heavy atom. The fourth-order valence-electron chi connectivity index (χ4n) is 6.80. The highest BCUT2D eigenvalue weighted by molar-refractivity contribution is 6.76. The molecule has 1 unspecified atom stereocenters. The van der Waals surface area contributed by atoms with Crippen LogP contribution >= 0.6 is 11.6 Å². The Hall–Kier alpha value is -2.45. The maximum absolute atomic E-state index is 12.9. The van der Waals surface area contributed by atoms with Crippen molar-refractivity contribution in [3.8, 4) is 11.1 Å². The van der Waals surface area contributed by atoms with Crippen LogP contribution in [0.15, 0.2) is 33.7 Å². The second-order valence-corrected chi connectivity index (χ2v) is 27.2. The number of nitrogens with zero attached hydrogens (tertiary/aromatic N) is 5. The van der Waals surface area contributed by atoms with Crippen molar-refractivity contribution in [2.75, 3.05) is 18.1 Å². The molecule has 0 spiro atoms. The van der Waals surface area contributed by atoms with Crippen molar-refractivity contribution >= 4 is 55.8 Å². The van der Waals surface area contributed by atoms with E-state index >= 15 is 0 Å². The molecule has 2 fully saturated rings. The van der Waals surface area contributed by atoms with E-state index in [9.17, 15) is 4.79 Å². The highest BCUT2D eigenvalue weighted by Crippen LogP contribution is 2.42. The summed E-state index contributed by atoms with van der Waals surface area (Å²) in [5, 5.41) is 0.430. The number of halogens is 1. The molecule has 12 heteroatoms. The number of anilines is 1. The molecule has 1 aromatic carbocycles. The Labute approximate surface area is 272 Å². The highest BCUT2D eigenvalue weighted by Gasteiger charge is 2.40. The maximum atomic E-state index is 12.9. The van der Waals surface area contributed by atoms with Crippen molar-refractivity contribution in [1.82, 2.24) is 19.1 Å². The zero-order valence-corrected chi connectivity index (χ0v) is 30.6. The number of hydrogen-bond donors (Lipinski definition) is 0. The van der Waals surface area contributed by atoms with Crippen molar-refractivity contribution in [2.45, 2.75) is 110 Å². The lowest BCUT2D eigenvalue weighted by atomic mass is 9.92. The summed E-state index contributed by atoms with van der Waals surface area (Å²) in [7, 11) is -2.50. The van der Waals surface area contributed by atoms with Crippen LogP contribution in [-0.2, 0) is 22.9 Å². The first-order valence-electron chi connectivity index (χ1n) is 16.4. The predicted octanol–water partition coefficient (Wildman–Crippen LogP) is 8.05. The molecule has 2 bridgehead atoms. The van der Waals surface area contributed by atoms with Gasteiger partial charge in [-0.1, -0.05) is 57.8 Å². The first kappa shape index (κ1) is 32.5. The Morgan fingerprint density at radius 1 is 0.956 bits per heavy atom. The molecule has 0 saturated carbocycles. The van der Waals surface area contributed by atoms with Crippen molar-refractivity contribution in [1.29, 1.82) is 0 Å². The first-order valence-corrected chi connectivity index (χ1v) is 24.2. The Kier molecular flexibility index (Phi) is 9.12. The molecule has 244 valence electrons. The normalized spacial score (nSPS) is 20.6. The molecule has 3 atom stereocenters. The van der Waals surface area contributed by atoms with Gasteiger partial charge in [0.05, 0.1) is 11.2 Å². The van der Waals surface area contributed by atoms with E-state index in [1.54, 1.807) is 6.07 Å². The summed E-state index contributed by atoms with van der Waals surface area (Å²) in [4.78, 5) is 25.6. The van der Waals surface area contributed by atoms with Crippen LogP contribution in [0.1, 0.15) is 32.6 Å². The van der Waals surface area contributed by atoms with E-state index in [1.807, 2.05) is 18.5 Å². The largest absolute Gasteiger partial charge is 0.421 e. The van der Waals surface area contributed by atoms with Crippen LogP contribution in [0.3, 0.4) is 0 Å². The third kappa shape index (κ3) is 6.97. The van der Waals surface area contributed by atoms with Gasteiger partial charge in [-0.15, -0.1) is 0 Å². The lowest BCUT2D eigenvalue weighted by Crippen LogP contribution is -2.43. The number of hydrogen-bond acceptors (Lipinski definition) is 7. The molecule has 2 aliphatic rings. The van der Waals surface area contributed by atoms with E-state index in [4.69, 9.17) is 35.5 Å². The highest BCUT2D eigenvalue weighted by atomic mass is 35.5. The molecule has 45 heavy (non-hydrogen) atoms. The van der Waals surface area contributed by atoms with Gasteiger partial charge in [0.15, 0.2) is 11.2 Å². The smallest absolute Gasteiger partial charge is 0.408 e. The summed E-state index contributed by atoms with van der Waals surface area (Å²) in [6, 6.07) is 6.84. The Morgan fingerprint density at radius 3 is 2.24 bits per heavy atom. The summed E-state index contributed by atoms with van der Waals surface area (Å²) >= 11 is 7.12. The van der Waals surface area contributed by atoms with E-state index in [-0.39, 0.29) is 6.73 Å². The molecule has 0 aliphatic carbocycles. The number of piperidine rings is 1. The monoisotopic (exact) mass is 669 g/mol. The fraction of sp³-hybridized carbons (Fsp3) is 0.606. The molecular weight excluding hydrogens is 622 g/mol. The quantitative estimate of drug-likeness (QED) is 0.111. The van der Waals surface area contributed by atoms with E-state index in [2.05, 4.69) is 55.7 Å². The summed E-state index contributed by atoms with van der Waals surface area (Å²) in [6.07, 6.45) is 8.79. The van der Waals surface area contributed by atoms with Gasteiger partial charge in [-0.2, -0.15) is 0 Å². The Balaban J connectivity index is 1.37. The van der Waals surface area contributed by atoms with Crippen LogP contribution in [0.4, 0.5) is 5.82 Å². The van der Waals surface area contributed by atoms with Crippen molar-refractivity contribution in [3.63, 3.8) is 0 Å². The fourth-order valence-corrected chi connectivity index (χ4v) is 8.68. The van der Waals surface area contributed by atoms with Crippen LogP contribution in [0.5, 0.6) is 0 Å². The number of rotatable bonds is 12. The lowest BCUT2D eigenvalue weighted by molar-refractivity contribution is 0.0850. The van der Waals surface area contributed by atoms with Gasteiger partial charge >= 0.3 is 5.76 Å². The molecule has 6 rings (SSSR count). The number of fused-ring (bicyclic) bond motifs is 4. The van der Waals surface area contributed by atoms with Crippen molar-refractivity contribution < 1.29 is 13.9 Å². The zero-order valence-electron chi connectivity index (χ0n) is 27.9. The van der Waals surface area contributed by atoms with E-state index in [1.165, 1.54) is 30.3 Å². The molecule has 9 nitrogen and oxygen atoms in total. The SMILES string of the molecule is CC1C[C@H]2CC[C@@H](C1)N2c1cnc2c(-c3ccc4oc(=O)n(COCC[Si](C)(C)C)c4c3Cl)cn(COCC[Si](C)(C)C)c2n1. The zero-order chi connectivity index (χ0) is 32.1. The molecular formula is C33H48ClN5O4Si2. The third-order valence-electron chi connectivity index (χ3n) is 9.29. The Bertz CT molecular complexity index is 1720. The molecule has 0 amide bonds. The van der Waals surface area contributed by atoms with Crippen LogP contribution < -0.4 is 10.7 Å². The summed E-state index contributed by atoms with van der Waals surface area (Å²) in [6.45, 7) is 18.1. The third-order valence-corrected chi connectivity index (χ3v) is 13.1. The van der Waals surface area contributed by atoms with Gasteiger partial charge in [-0.05, 0) is 55.8 Å². The van der Waals surface area contributed by atoms with Crippen molar-refractivity contribution in [2.24, 2.45) is 5.92 Å². The van der Waals surface area contributed by atoms with Crippen LogP contribution in [-0.4, -0.2) is 60.5 Å². The van der Waals surface area contributed by atoms with Gasteiger partial charge < -0.3 is 23.4 Å². The second-order valence-electron chi connectivity index (χ2n) is 15.5. The van der Waals surface area contributed by atoms with Crippen LogP contribution in [0, 0.1) is 5.92 Å². The van der Waals surface area contributed by atoms with E-state index < -0.39 is 21.9 Å². The number of oxazole rings is 1. The van der Waals surface area contributed by atoms with Crippen LogP contribution in [0.25, 0.3) is 33.4 Å². The molecule has 2 saturated heterocycles. The van der Waals surface area contributed by atoms with Crippen molar-refractivity contribution in [3.05, 3.63) is 40.1 Å². The lowest BCUT2D eigenvalue weighted by Gasteiger charge is -2.38. The summed E-state index contributed by atoms with van der Waals surface area (Å²) in [5.41, 5.74) is 4.12. The average Bonchev–Trinajstić information content (AvgIpc) is 3.57. The van der Waals surface area contributed by atoms with Gasteiger partial charge in [0.2, 0.25) is 0 Å². The molecule has 5 heterocycles. The van der Waals surface area contributed by atoms with E-state index in [0.29, 0.717) is 48.2 Å². The summed E-state index contributed by atoms with van der Waals surface area (Å²) < 4.78 is 21.3. The molecule has 0 radical (unpaired) electrons. The van der Waals surface area contributed by atoms with Gasteiger partial charge in [0, 0.05) is 58.8 Å². The minimum Gasteiger partial charge on any atom is -0.408 e. The molecule has 3 aromatic heterocycles. The van der Waals surface area contributed by atoms with E-state index in [0.717, 1.165) is 46.1 Å². The van der Waals surface area contributed by atoms with Gasteiger partial charge in [0.25, 0.3) is 0 Å². The standard InChI is InChI=1S/C33H48ClN5O4Si2/c1-22-16-23-8-9-24(17-22)39(23)28-18-35-30-26(19-37(32(30)36-28)20-41-12-14-44(2,3)4)25-10-11-27-31(29(25)34)38(33(40)43-27)21-42-13-15-45(5,6)7/h10-11,18-19,22-24H,8-9,12-17,20-21H2,1-7H3/t22?,23-,24+. The number of benzene rings is 1. The number of ether oxygens (including phenoxy) is 2. The maximum Gasteiger partial charge on any atom is 0.421 e. The minimum absolute atomic E-state index is 0.0894. The molecule has 0 N–H and O–H groups in total. The minimum atomic E-state index is -1.27. The molecule has 4 aromatic rings. The summed E-state index contributed by atoms with van der Waals surface area (Å²) in [5.74, 6) is 1.20. The van der Waals surface area contributed by atoms with Crippen LogP contribution in [0.2, 0.25) is 56.4 Å². The predicted molar refractivity (Wildman–Crippen MR) is 188 cm³/mol. The van der Waals surface area contributed by atoms with Gasteiger partial charge in [-0.3, -0.25) is 0 Å². The number of aromatic nitrogens is 4. The second kappa shape index (κ2) is 12.6. The average molecular weight is 670 g/mol.